The average molecular weight is 283 g/mol. The van der Waals surface area contributed by atoms with Crippen molar-refractivity contribution in [3.05, 3.63) is 30.1 Å². The Morgan fingerprint density at radius 2 is 2.10 bits per heavy atom. The number of imidazole rings is 1. The summed E-state index contributed by atoms with van der Waals surface area (Å²) in [4.78, 5) is 4.70. The van der Waals surface area contributed by atoms with Crippen LogP contribution in [0.2, 0.25) is 0 Å². The van der Waals surface area contributed by atoms with Gasteiger partial charge in [0.2, 0.25) is 0 Å². The zero-order valence-corrected chi connectivity index (χ0v) is 12.8. The van der Waals surface area contributed by atoms with E-state index in [0.717, 1.165) is 22.8 Å². The summed E-state index contributed by atoms with van der Waals surface area (Å²) in [6.45, 7) is 7.12. The van der Waals surface area contributed by atoms with Gasteiger partial charge < -0.3 is 15.0 Å². The van der Waals surface area contributed by atoms with Crippen molar-refractivity contribution in [2.24, 2.45) is 0 Å². The van der Waals surface area contributed by atoms with E-state index in [1.54, 1.807) is 0 Å². The molecule has 0 aliphatic carbocycles. The van der Waals surface area contributed by atoms with Gasteiger partial charge in [0.1, 0.15) is 23.1 Å². The molecule has 0 aliphatic rings. The van der Waals surface area contributed by atoms with Crippen LogP contribution in [0.3, 0.4) is 0 Å². The monoisotopic (exact) mass is 283 g/mol. The van der Waals surface area contributed by atoms with Gasteiger partial charge in [-0.2, -0.15) is 0 Å². The van der Waals surface area contributed by atoms with Crippen LogP contribution in [-0.4, -0.2) is 16.2 Å². The number of nitrogens with two attached hydrogens (primary N) is 1. The van der Waals surface area contributed by atoms with Gasteiger partial charge in [-0.15, -0.1) is 6.42 Å². The molecule has 1 aromatic carbocycles. The molecule has 0 atom stereocenters. The maximum absolute atomic E-state index is 6.27. The molecule has 0 aliphatic heterocycles. The van der Waals surface area contributed by atoms with E-state index in [9.17, 15) is 0 Å². The van der Waals surface area contributed by atoms with E-state index < -0.39 is 0 Å². The van der Waals surface area contributed by atoms with Crippen LogP contribution < -0.4 is 10.5 Å². The average Bonchev–Trinajstić information content (AvgIpc) is 2.78. The lowest BCUT2D eigenvalue weighted by Gasteiger charge is -2.09. The molecule has 110 valence electrons. The smallest absolute Gasteiger partial charge is 0.132 e. The molecule has 4 nitrogen and oxygen atoms in total. The lowest BCUT2D eigenvalue weighted by atomic mass is 10.1. The molecule has 2 aromatic rings. The summed E-state index contributed by atoms with van der Waals surface area (Å²) in [5.41, 5.74) is 7.91. The maximum Gasteiger partial charge on any atom is 0.132 e. The van der Waals surface area contributed by atoms with E-state index in [1.807, 2.05) is 35.8 Å². The lowest BCUT2D eigenvalue weighted by molar-refractivity contribution is 0.341. The summed E-state index contributed by atoms with van der Waals surface area (Å²) < 4.78 is 7.56. The Hall–Kier alpha value is -2.41. The summed E-state index contributed by atoms with van der Waals surface area (Å²) >= 11 is 0. The number of ether oxygens (including phenoxy) is 1. The van der Waals surface area contributed by atoms with Crippen LogP contribution in [-0.2, 0) is 6.54 Å². The van der Waals surface area contributed by atoms with Crippen molar-refractivity contribution in [3.63, 3.8) is 0 Å². The molecule has 0 saturated heterocycles. The van der Waals surface area contributed by atoms with Crippen LogP contribution in [0.5, 0.6) is 5.75 Å². The molecule has 0 amide bonds. The molecule has 0 spiro atoms. The van der Waals surface area contributed by atoms with Crippen LogP contribution in [0.25, 0.3) is 11.3 Å². The van der Waals surface area contributed by atoms with Crippen LogP contribution in [0, 0.1) is 12.3 Å². The molecule has 0 fully saturated rings. The van der Waals surface area contributed by atoms with E-state index in [-0.39, 0.29) is 5.92 Å². The Labute approximate surface area is 125 Å². The Morgan fingerprint density at radius 3 is 2.71 bits per heavy atom. The predicted octanol–water partition coefficient (Wildman–Crippen LogP) is 3.29. The van der Waals surface area contributed by atoms with Gasteiger partial charge in [-0.1, -0.05) is 31.9 Å². The van der Waals surface area contributed by atoms with Gasteiger partial charge >= 0.3 is 0 Å². The highest BCUT2D eigenvalue weighted by Crippen LogP contribution is 2.35. The van der Waals surface area contributed by atoms with Crippen molar-refractivity contribution in [2.45, 2.75) is 33.2 Å². The van der Waals surface area contributed by atoms with E-state index >= 15 is 0 Å². The van der Waals surface area contributed by atoms with Crippen molar-refractivity contribution < 1.29 is 4.74 Å². The summed E-state index contributed by atoms with van der Waals surface area (Å²) in [6, 6.07) is 7.78. The fraction of sp³-hybridized carbons (Fsp3) is 0.353. The van der Waals surface area contributed by atoms with E-state index in [0.29, 0.717) is 19.0 Å². The minimum Gasteiger partial charge on any atom is -0.493 e. The number of benzene rings is 1. The van der Waals surface area contributed by atoms with Crippen LogP contribution in [0.1, 0.15) is 32.5 Å². The fourth-order valence-corrected chi connectivity index (χ4v) is 2.32. The molecule has 21 heavy (non-hydrogen) atoms. The Kier molecular flexibility index (Phi) is 4.54. The molecular weight excluding hydrogens is 262 g/mol. The van der Waals surface area contributed by atoms with Crippen LogP contribution >= 0.6 is 0 Å². The van der Waals surface area contributed by atoms with E-state index in [1.165, 1.54) is 0 Å². The highest BCUT2D eigenvalue weighted by atomic mass is 16.5. The summed E-state index contributed by atoms with van der Waals surface area (Å²) in [5, 5.41) is 0. The first-order valence-electron chi connectivity index (χ1n) is 7.11. The third kappa shape index (κ3) is 2.87. The van der Waals surface area contributed by atoms with Gasteiger partial charge in [-0.3, -0.25) is 0 Å². The number of nitrogen functional groups attached to an aromatic ring is 1. The predicted molar refractivity (Wildman–Crippen MR) is 86.2 cm³/mol. The molecule has 0 bridgehead atoms. The topological polar surface area (TPSA) is 53.1 Å². The van der Waals surface area contributed by atoms with Crippen LogP contribution in [0.15, 0.2) is 24.3 Å². The van der Waals surface area contributed by atoms with Crippen molar-refractivity contribution in [1.82, 2.24) is 9.55 Å². The number of hydrogen-bond donors (Lipinski definition) is 1. The second-order valence-corrected chi connectivity index (χ2v) is 5.08. The Morgan fingerprint density at radius 1 is 1.38 bits per heavy atom. The summed E-state index contributed by atoms with van der Waals surface area (Å²) in [5.74, 6) is 5.15. The Balaban J connectivity index is 2.60. The largest absolute Gasteiger partial charge is 0.493 e. The second kappa shape index (κ2) is 6.36. The van der Waals surface area contributed by atoms with Gasteiger partial charge in [0.15, 0.2) is 0 Å². The number of anilines is 1. The van der Waals surface area contributed by atoms with E-state index in [2.05, 4.69) is 19.8 Å². The van der Waals surface area contributed by atoms with Gasteiger partial charge in [0.25, 0.3) is 0 Å². The van der Waals surface area contributed by atoms with Crippen LogP contribution in [0.4, 0.5) is 5.82 Å². The maximum atomic E-state index is 6.27. The lowest BCUT2D eigenvalue weighted by Crippen LogP contribution is -2.07. The first-order chi connectivity index (χ1) is 10.1. The van der Waals surface area contributed by atoms with Crippen molar-refractivity contribution >= 4 is 5.82 Å². The third-order valence-corrected chi connectivity index (χ3v) is 3.24. The molecule has 2 rings (SSSR count). The standard InChI is InChI=1S/C17H21N3O/c1-5-11-20-16(18)15(19-17(20)12(3)4)13-9-7-8-10-14(13)21-6-2/h1,7-10,12H,6,11,18H2,2-4H3. The third-order valence-electron chi connectivity index (χ3n) is 3.24. The SMILES string of the molecule is C#CCn1c(C(C)C)nc(-c2ccccc2OCC)c1N. The molecular formula is C17H21N3O. The van der Waals surface area contributed by atoms with Crippen molar-refractivity contribution in [2.75, 3.05) is 12.3 Å². The van der Waals surface area contributed by atoms with Gasteiger partial charge in [0.05, 0.1) is 13.2 Å². The molecule has 0 saturated carbocycles. The van der Waals surface area contributed by atoms with E-state index in [4.69, 9.17) is 21.9 Å². The quantitative estimate of drug-likeness (QED) is 0.857. The Bertz CT molecular complexity index is 665. The van der Waals surface area contributed by atoms with Gasteiger partial charge in [-0.25, -0.2) is 4.98 Å². The number of aromatic nitrogens is 2. The second-order valence-electron chi connectivity index (χ2n) is 5.08. The number of hydrogen-bond acceptors (Lipinski definition) is 3. The number of para-hydroxylation sites is 1. The minimum absolute atomic E-state index is 0.244. The zero-order valence-electron chi connectivity index (χ0n) is 12.8. The highest BCUT2D eigenvalue weighted by molar-refractivity contribution is 5.76. The number of rotatable bonds is 5. The normalized spacial score (nSPS) is 10.6. The highest BCUT2D eigenvalue weighted by Gasteiger charge is 2.20. The molecule has 1 aromatic heterocycles. The first-order valence-corrected chi connectivity index (χ1v) is 7.11. The van der Waals surface area contributed by atoms with Crippen molar-refractivity contribution in [1.29, 1.82) is 0 Å². The molecule has 1 heterocycles. The molecule has 4 heteroatoms. The minimum atomic E-state index is 0.244. The zero-order chi connectivity index (χ0) is 15.4. The molecule has 0 radical (unpaired) electrons. The molecule has 2 N–H and O–H groups in total. The first kappa shape index (κ1) is 15.0. The number of terminal acetylenes is 1. The van der Waals surface area contributed by atoms with Gasteiger partial charge in [0, 0.05) is 11.5 Å². The van der Waals surface area contributed by atoms with Gasteiger partial charge in [-0.05, 0) is 19.1 Å². The summed E-state index contributed by atoms with van der Waals surface area (Å²) in [6.07, 6.45) is 5.45. The number of nitrogens with zero attached hydrogens (tertiary/aromatic N) is 2. The molecule has 0 unspecified atom stereocenters. The van der Waals surface area contributed by atoms with Crippen molar-refractivity contribution in [3.8, 4) is 29.4 Å². The fourth-order valence-electron chi connectivity index (χ4n) is 2.32. The summed E-state index contributed by atoms with van der Waals surface area (Å²) in [7, 11) is 0.